The number of hydrogen-bond acceptors (Lipinski definition) is 7. The van der Waals surface area contributed by atoms with E-state index in [1.165, 1.54) is 29.8 Å². The molecule has 5 N–H and O–H groups in total. The lowest BCUT2D eigenvalue weighted by molar-refractivity contribution is -0.141. The van der Waals surface area contributed by atoms with E-state index in [0.717, 1.165) is 17.1 Å². The first kappa shape index (κ1) is 31.5. The molecular weight excluding hydrogens is 591 g/mol. The SMILES string of the molecule is CC(N)C(=O)NC1CCC(NC(=O)c2ccc(NC(=O)c3ncc(-c4cn(CC#N)nc4C(F)(F)F)n3C)cc2Cl)CC1. The van der Waals surface area contributed by atoms with Crippen LogP contribution in [-0.2, 0) is 24.6 Å². The van der Waals surface area contributed by atoms with Crippen molar-refractivity contribution in [2.24, 2.45) is 12.8 Å². The Balaban J connectivity index is 1.40. The number of imidazole rings is 1. The number of anilines is 1. The zero-order chi connectivity index (χ0) is 31.5. The van der Waals surface area contributed by atoms with Gasteiger partial charge in [0.1, 0.15) is 6.54 Å². The predicted octanol–water partition coefficient (Wildman–Crippen LogP) is 3.24. The summed E-state index contributed by atoms with van der Waals surface area (Å²) in [7, 11) is 1.37. The zero-order valence-corrected chi connectivity index (χ0v) is 24.0. The largest absolute Gasteiger partial charge is 0.435 e. The molecule has 2 aromatic heterocycles. The maximum Gasteiger partial charge on any atom is 0.435 e. The maximum atomic E-state index is 13.6. The van der Waals surface area contributed by atoms with Crippen molar-refractivity contribution in [3.8, 4) is 17.3 Å². The van der Waals surface area contributed by atoms with Gasteiger partial charge < -0.3 is 26.3 Å². The standard InChI is InChI=1S/C27H29ClF3N9O3/c1-14(33)24(41)35-15-3-5-16(6-4-15)36-25(42)18-8-7-17(11-20(18)28)37-26(43)23-34-12-21(39(23)2)19-13-40(10-9-32)38-22(19)27(29,30)31/h7-8,11-16H,3-6,10,33H2,1-2H3,(H,35,41)(H,36,42)(H,37,43). The van der Waals surface area contributed by atoms with Crippen LogP contribution < -0.4 is 21.7 Å². The number of hydrogen-bond donors (Lipinski definition) is 4. The van der Waals surface area contributed by atoms with E-state index in [1.807, 2.05) is 0 Å². The molecule has 1 aliphatic carbocycles. The molecule has 228 valence electrons. The smallest absolute Gasteiger partial charge is 0.352 e. The summed E-state index contributed by atoms with van der Waals surface area (Å²) in [6.45, 7) is 1.22. The van der Waals surface area contributed by atoms with Crippen LogP contribution in [0.5, 0.6) is 0 Å². The number of alkyl halides is 3. The summed E-state index contributed by atoms with van der Waals surface area (Å²) in [5.74, 6) is -1.53. The molecule has 0 bridgehead atoms. The molecule has 0 saturated heterocycles. The molecule has 1 atom stereocenters. The van der Waals surface area contributed by atoms with Crippen molar-refractivity contribution in [1.82, 2.24) is 30.0 Å². The molecule has 16 heteroatoms. The lowest BCUT2D eigenvalue weighted by atomic mass is 9.90. The van der Waals surface area contributed by atoms with Gasteiger partial charge in [-0.05, 0) is 50.8 Å². The predicted molar refractivity (Wildman–Crippen MR) is 150 cm³/mol. The molecule has 3 aromatic rings. The van der Waals surface area contributed by atoms with Crippen molar-refractivity contribution >= 4 is 35.0 Å². The molecule has 12 nitrogen and oxygen atoms in total. The van der Waals surface area contributed by atoms with Gasteiger partial charge in [0.25, 0.3) is 11.8 Å². The number of rotatable bonds is 8. The monoisotopic (exact) mass is 619 g/mol. The third-order valence-corrected chi connectivity index (χ3v) is 7.34. The number of aromatic nitrogens is 4. The fourth-order valence-corrected chi connectivity index (χ4v) is 5.05. The van der Waals surface area contributed by atoms with E-state index in [2.05, 4.69) is 26.0 Å². The van der Waals surface area contributed by atoms with E-state index >= 15 is 0 Å². The number of nitriles is 1. The van der Waals surface area contributed by atoms with Crippen LogP contribution in [0.2, 0.25) is 5.02 Å². The quantitative estimate of drug-likeness (QED) is 0.299. The zero-order valence-electron chi connectivity index (χ0n) is 23.2. The molecule has 0 spiro atoms. The summed E-state index contributed by atoms with van der Waals surface area (Å²) < 4.78 is 42.8. The Morgan fingerprint density at radius 1 is 1.16 bits per heavy atom. The van der Waals surface area contributed by atoms with Crippen molar-refractivity contribution in [3.05, 3.63) is 52.7 Å². The van der Waals surface area contributed by atoms with E-state index in [0.29, 0.717) is 25.7 Å². The normalized spacial score (nSPS) is 17.5. The van der Waals surface area contributed by atoms with Crippen molar-refractivity contribution in [2.75, 3.05) is 5.32 Å². The summed E-state index contributed by atoms with van der Waals surface area (Å²) in [5.41, 5.74) is 4.45. The second kappa shape index (κ2) is 12.8. The molecule has 1 aromatic carbocycles. The van der Waals surface area contributed by atoms with E-state index in [4.69, 9.17) is 22.6 Å². The van der Waals surface area contributed by atoms with Crippen molar-refractivity contribution in [2.45, 2.75) is 63.5 Å². The molecule has 43 heavy (non-hydrogen) atoms. The lowest BCUT2D eigenvalue weighted by Crippen LogP contribution is -2.47. The Morgan fingerprint density at radius 2 is 1.81 bits per heavy atom. The average molecular weight is 620 g/mol. The number of carbonyl (C=O) groups excluding carboxylic acids is 3. The molecule has 1 saturated carbocycles. The molecular formula is C27H29ClF3N9O3. The first-order valence-corrected chi connectivity index (χ1v) is 13.7. The molecule has 1 fully saturated rings. The molecule has 1 unspecified atom stereocenters. The van der Waals surface area contributed by atoms with Crippen molar-refractivity contribution in [1.29, 1.82) is 5.26 Å². The minimum atomic E-state index is -4.80. The van der Waals surface area contributed by atoms with Crippen LogP contribution >= 0.6 is 11.6 Å². The second-order valence-electron chi connectivity index (χ2n) is 10.2. The number of nitrogens with two attached hydrogens (primary N) is 1. The molecule has 0 aliphatic heterocycles. The Labute approximate surface area is 249 Å². The highest BCUT2D eigenvalue weighted by molar-refractivity contribution is 6.34. The summed E-state index contributed by atoms with van der Waals surface area (Å²) in [6, 6.07) is 5.34. The maximum absolute atomic E-state index is 13.6. The first-order chi connectivity index (χ1) is 20.3. The van der Waals surface area contributed by atoms with E-state index < -0.39 is 36.3 Å². The second-order valence-corrected chi connectivity index (χ2v) is 10.6. The summed E-state index contributed by atoms with van der Waals surface area (Å²) >= 11 is 6.35. The number of carbonyl (C=O) groups is 3. The third-order valence-electron chi connectivity index (χ3n) is 7.02. The van der Waals surface area contributed by atoms with Gasteiger partial charge in [-0.1, -0.05) is 11.6 Å². The van der Waals surface area contributed by atoms with Gasteiger partial charge in [-0.25, -0.2) is 4.98 Å². The summed E-state index contributed by atoms with van der Waals surface area (Å²) in [4.78, 5) is 41.6. The molecule has 1 aliphatic rings. The summed E-state index contributed by atoms with van der Waals surface area (Å²) in [6.07, 6.45) is 0.0904. The van der Waals surface area contributed by atoms with E-state index in [9.17, 15) is 27.6 Å². The number of halogens is 4. The van der Waals surface area contributed by atoms with E-state index in [1.54, 1.807) is 13.0 Å². The minimum Gasteiger partial charge on any atom is -0.352 e. The number of amides is 3. The van der Waals surface area contributed by atoms with Crippen LogP contribution in [0.4, 0.5) is 18.9 Å². The highest BCUT2D eigenvalue weighted by Gasteiger charge is 2.38. The van der Waals surface area contributed by atoms with Crippen LogP contribution in [0.1, 0.15) is 59.3 Å². The highest BCUT2D eigenvalue weighted by Crippen LogP contribution is 2.36. The van der Waals surface area contributed by atoms with Gasteiger partial charge in [-0.15, -0.1) is 0 Å². The topological polar surface area (TPSA) is 173 Å². The van der Waals surface area contributed by atoms with Crippen LogP contribution in [0.3, 0.4) is 0 Å². The van der Waals surface area contributed by atoms with Gasteiger partial charge in [0, 0.05) is 31.0 Å². The summed E-state index contributed by atoms with van der Waals surface area (Å²) in [5, 5.41) is 20.8. The number of benzene rings is 1. The minimum absolute atomic E-state index is 0.000831. The van der Waals surface area contributed by atoms with Crippen LogP contribution in [0.25, 0.3) is 11.3 Å². The Kier molecular flexibility index (Phi) is 9.41. The molecule has 4 rings (SSSR count). The van der Waals surface area contributed by atoms with Gasteiger partial charge in [0.2, 0.25) is 5.91 Å². The van der Waals surface area contributed by atoms with Gasteiger partial charge >= 0.3 is 6.18 Å². The van der Waals surface area contributed by atoms with Gasteiger partial charge in [0.15, 0.2) is 11.5 Å². The van der Waals surface area contributed by atoms with Gasteiger partial charge in [-0.2, -0.15) is 23.5 Å². The van der Waals surface area contributed by atoms with Crippen molar-refractivity contribution < 1.29 is 27.6 Å². The first-order valence-electron chi connectivity index (χ1n) is 13.3. The fraction of sp³-hybridized carbons (Fsp3) is 0.407. The highest BCUT2D eigenvalue weighted by atomic mass is 35.5. The van der Waals surface area contributed by atoms with Gasteiger partial charge in [-0.3, -0.25) is 19.1 Å². The third kappa shape index (κ3) is 7.33. The Bertz CT molecular complexity index is 1570. The number of nitrogens with zero attached hydrogens (tertiary/aromatic N) is 5. The Hall–Kier alpha value is -4.42. The van der Waals surface area contributed by atoms with Crippen LogP contribution in [0.15, 0.2) is 30.6 Å². The molecule has 0 radical (unpaired) electrons. The molecule has 3 amide bonds. The Morgan fingerprint density at radius 3 is 2.40 bits per heavy atom. The van der Waals surface area contributed by atoms with Crippen LogP contribution in [0, 0.1) is 11.3 Å². The van der Waals surface area contributed by atoms with Crippen molar-refractivity contribution in [3.63, 3.8) is 0 Å². The molecule has 2 heterocycles. The van der Waals surface area contributed by atoms with Crippen LogP contribution in [-0.4, -0.2) is 55.2 Å². The lowest BCUT2D eigenvalue weighted by Gasteiger charge is -2.30. The average Bonchev–Trinajstić information content (AvgIpc) is 3.53. The number of nitrogens with one attached hydrogen (secondary N) is 3. The fourth-order valence-electron chi connectivity index (χ4n) is 4.78. The van der Waals surface area contributed by atoms with Gasteiger partial charge in [0.05, 0.1) is 40.2 Å². The van der Waals surface area contributed by atoms with E-state index in [-0.39, 0.29) is 51.3 Å².